The number of primary amides is 1. The lowest BCUT2D eigenvalue weighted by Gasteiger charge is -2.12. The van der Waals surface area contributed by atoms with Crippen molar-refractivity contribution in [2.24, 2.45) is 5.73 Å². The number of anilines is 3. The first kappa shape index (κ1) is 14.4. The van der Waals surface area contributed by atoms with E-state index in [0.29, 0.717) is 16.9 Å². The van der Waals surface area contributed by atoms with Crippen LogP contribution in [-0.2, 0) is 4.74 Å². The zero-order valence-electron chi connectivity index (χ0n) is 11.4. The van der Waals surface area contributed by atoms with Gasteiger partial charge in [-0.2, -0.15) is 0 Å². The molecule has 6 nitrogen and oxygen atoms in total. The van der Waals surface area contributed by atoms with Crippen molar-refractivity contribution >= 4 is 28.9 Å². The van der Waals surface area contributed by atoms with Crippen molar-refractivity contribution in [3.63, 3.8) is 0 Å². The number of methoxy groups -OCH3 is 1. The number of amides is 1. The molecule has 0 saturated carbocycles. The summed E-state index contributed by atoms with van der Waals surface area (Å²) in [5.74, 6) is -1.03. The Balaban J connectivity index is 2.34. The van der Waals surface area contributed by atoms with Crippen LogP contribution in [0.4, 0.5) is 17.1 Å². The lowest BCUT2D eigenvalue weighted by molar-refractivity contribution is 0.0602. The Kier molecular flexibility index (Phi) is 4.08. The van der Waals surface area contributed by atoms with Crippen LogP contribution in [-0.4, -0.2) is 19.0 Å². The molecule has 0 fully saturated rings. The van der Waals surface area contributed by atoms with Crippen molar-refractivity contribution in [2.75, 3.05) is 18.2 Å². The van der Waals surface area contributed by atoms with E-state index in [0.717, 1.165) is 0 Å². The average molecular weight is 285 g/mol. The maximum atomic E-state index is 11.6. The molecule has 0 unspecified atom stereocenters. The number of carbonyl (C=O) groups is 2. The van der Waals surface area contributed by atoms with E-state index in [4.69, 9.17) is 11.5 Å². The minimum Gasteiger partial charge on any atom is -0.465 e. The first-order chi connectivity index (χ1) is 10.0. The fraction of sp³-hybridized carbons (Fsp3) is 0.0667. The molecule has 2 aromatic carbocycles. The van der Waals surface area contributed by atoms with Crippen LogP contribution in [0, 0.1) is 0 Å². The van der Waals surface area contributed by atoms with Gasteiger partial charge in [0, 0.05) is 11.3 Å². The summed E-state index contributed by atoms with van der Waals surface area (Å²) >= 11 is 0. The second kappa shape index (κ2) is 5.96. The Hall–Kier alpha value is -3.02. The zero-order chi connectivity index (χ0) is 15.4. The molecule has 0 spiro atoms. The topological polar surface area (TPSA) is 107 Å². The second-order valence-electron chi connectivity index (χ2n) is 4.33. The number of esters is 1. The summed E-state index contributed by atoms with van der Waals surface area (Å²) in [5.41, 5.74) is 13.3. The van der Waals surface area contributed by atoms with E-state index in [2.05, 4.69) is 10.1 Å². The first-order valence-electron chi connectivity index (χ1n) is 6.16. The van der Waals surface area contributed by atoms with Gasteiger partial charge < -0.3 is 21.5 Å². The van der Waals surface area contributed by atoms with Crippen molar-refractivity contribution < 1.29 is 14.3 Å². The van der Waals surface area contributed by atoms with Crippen molar-refractivity contribution in [1.82, 2.24) is 0 Å². The molecule has 108 valence electrons. The molecular weight excluding hydrogens is 270 g/mol. The number of nitrogens with one attached hydrogen (secondary N) is 1. The largest absolute Gasteiger partial charge is 0.465 e. The monoisotopic (exact) mass is 285 g/mol. The summed E-state index contributed by atoms with van der Waals surface area (Å²) in [7, 11) is 1.29. The summed E-state index contributed by atoms with van der Waals surface area (Å²) in [5, 5.41) is 3.05. The van der Waals surface area contributed by atoms with Gasteiger partial charge in [0.15, 0.2) is 0 Å². The van der Waals surface area contributed by atoms with Gasteiger partial charge in [-0.1, -0.05) is 12.1 Å². The summed E-state index contributed by atoms with van der Waals surface area (Å²) in [4.78, 5) is 22.8. The summed E-state index contributed by atoms with van der Waals surface area (Å²) in [6.45, 7) is 0. The van der Waals surface area contributed by atoms with Gasteiger partial charge in [0.05, 0.1) is 24.0 Å². The maximum absolute atomic E-state index is 11.6. The normalized spacial score (nSPS) is 9.95. The predicted molar refractivity (Wildman–Crippen MR) is 80.4 cm³/mol. The number of benzene rings is 2. The average Bonchev–Trinajstić information content (AvgIpc) is 2.49. The molecule has 1 amide bonds. The third-order valence-electron chi connectivity index (χ3n) is 2.94. The number of nitrogen functional groups attached to an aromatic ring is 1. The zero-order valence-corrected chi connectivity index (χ0v) is 11.4. The molecule has 0 atom stereocenters. The molecule has 21 heavy (non-hydrogen) atoms. The molecular formula is C15H15N3O3. The standard InChI is InChI=1S/C15H15N3O3/c1-21-15(20)11-6-3-7-12(13(11)16)18-10-5-2-4-9(8-10)14(17)19/h2-8,18H,16H2,1H3,(H2,17,19). The molecule has 0 bridgehead atoms. The Morgan fingerprint density at radius 2 is 1.86 bits per heavy atom. The number of hydrogen-bond donors (Lipinski definition) is 3. The minimum atomic E-state index is -0.519. The molecule has 2 rings (SSSR count). The van der Waals surface area contributed by atoms with Crippen LogP contribution >= 0.6 is 0 Å². The fourth-order valence-electron chi connectivity index (χ4n) is 1.87. The van der Waals surface area contributed by atoms with E-state index in [1.54, 1.807) is 42.5 Å². The highest BCUT2D eigenvalue weighted by Crippen LogP contribution is 2.27. The van der Waals surface area contributed by atoms with Crippen molar-refractivity contribution in [1.29, 1.82) is 0 Å². The summed E-state index contributed by atoms with van der Waals surface area (Å²) in [6.07, 6.45) is 0. The van der Waals surface area contributed by atoms with Gasteiger partial charge in [0.2, 0.25) is 5.91 Å². The Labute approximate surface area is 121 Å². The van der Waals surface area contributed by atoms with Crippen molar-refractivity contribution in [3.8, 4) is 0 Å². The fourth-order valence-corrected chi connectivity index (χ4v) is 1.87. The quantitative estimate of drug-likeness (QED) is 0.587. The lowest BCUT2D eigenvalue weighted by Crippen LogP contribution is -2.11. The van der Waals surface area contributed by atoms with E-state index in [1.807, 2.05) is 0 Å². The molecule has 0 aromatic heterocycles. The van der Waals surface area contributed by atoms with Gasteiger partial charge in [-0.3, -0.25) is 4.79 Å². The molecule has 0 aliphatic rings. The van der Waals surface area contributed by atoms with E-state index in [-0.39, 0.29) is 11.3 Å². The van der Waals surface area contributed by atoms with E-state index < -0.39 is 11.9 Å². The Morgan fingerprint density at radius 3 is 2.52 bits per heavy atom. The molecule has 5 N–H and O–H groups in total. The highest BCUT2D eigenvalue weighted by atomic mass is 16.5. The molecule has 0 aliphatic heterocycles. The number of hydrogen-bond acceptors (Lipinski definition) is 5. The SMILES string of the molecule is COC(=O)c1cccc(Nc2cccc(C(N)=O)c2)c1N. The highest BCUT2D eigenvalue weighted by Gasteiger charge is 2.13. The van der Waals surface area contributed by atoms with Crippen LogP contribution in [0.15, 0.2) is 42.5 Å². The molecule has 0 heterocycles. The smallest absolute Gasteiger partial charge is 0.340 e. The van der Waals surface area contributed by atoms with Crippen LogP contribution in [0.25, 0.3) is 0 Å². The van der Waals surface area contributed by atoms with Crippen molar-refractivity contribution in [3.05, 3.63) is 53.6 Å². The summed E-state index contributed by atoms with van der Waals surface area (Å²) in [6, 6.07) is 11.7. The van der Waals surface area contributed by atoms with E-state index >= 15 is 0 Å². The molecule has 6 heteroatoms. The molecule has 0 saturated heterocycles. The Bertz CT molecular complexity index is 698. The third-order valence-corrected chi connectivity index (χ3v) is 2.94. The number of nitrogens with two attached hydrogens (primary N) is 2. The minimum absolute atomic E-state index is 0.272. The Morgan fingerprint density at radius 1 is 1.14 bits per heavy atom. The van der Waals surface area contributed by atoms with Crippen LogP contribution in [0.3, 0.4) is 0 Å². The van der Waals surface area contributed by atoms with E-state index in [1.165, 1.54) is 7.11 Å². The molecule has 0 aliphatic carbocycles. The van der Waals surface area contributed by atoms with Gasteiger partial charge in [0.1, 0.15) is 0 Å². The predicted octanol–water partition coefficient (Wildman–Crippen LogP) is 1.90. The third kappa shape index (κ3) is 3.11. The van der Waals surface area contributed by atoms with Gasteiger partial charge in [-0.05, 0) is 30.3 Å². The van der Waals surface area contributed by atoms with Crippen LogP contribution in [0.5, 0.6) is 0 Å². The summed E-state index contributed by atoms with van der Waals surface area (Å²) < 4.78 is 4.66. The maximum Gasteiger partial charge on any atom is 0.340 e. The van der Waals surface area contributed by atoms with E-state index in [9.17, 15) is 9.59 Å². The van der Waals surface area contributed by atoms with Crippen LogP contribution in [0.2, 0.25) is 0 Å². The van der Waals surface area contributed by atoms with Crippen LogP contribution in [0.1, 0.15) is 20.7 Å². The van der Waals surface area contributed by atoms with Crippen molar-refractivity contribution in [2.45, 2.75) is 0 Å². The van der Waals surface area contributed by atoms with Gasteiger partial charge in [-0.15, -0.1) is 0 Å². The van der Waals surface area contributed by atoms with Crippen LogP contribution < -0.4 is 16.8 Å². The molecule has 0 radical (unpaired) electrons. The van der Waals surface area contributed by atoms with Gasteiger partial charge in [0.25, 0.3) is 0 Å². The van der Waals surface area contributed by atoms with Gasteiger partial charge in [-0.25, -0.2) is 4.79 Å². The number of carbonyl (C=O) groups excluding carboxylic acids is 2. The first-order valence-corrected chi connectivity index (χ1v) is 6.16. The lowest BCUT2D eigenvalue weighted by atomic mass is 10.1. The highest BCUT2D eigenvalue weighted by molar-refractivity contribution is 5.99. The molecule has 2 aromatic rings. The number of rotatable bonds is 4. The number of ether oxygens (including phenoxy) is 1. The van der Waals surface area contributed by atoms with Gasteiger partial charge >= 0.3 is 5.97 Å². The number of para-hydroxylation sites is 1. The second-order valence-corrected chi connectivity index (χ2v) is 4.33.